The molecule has 0 bridgehead atoms. The van der Waals surface area contributed by atoms with Crippen molar-refractivity contribution >= 4 is 11.3 Å². The van der Waals surface area contributed by atoms with E-state index in [-0.39, 0.29) is 6.04 Å². The Kier molecular flexibility index (Phi) is 4.83. The van der Waals surface area contributed by atoms with Gasteiger partial charge in [0.2, 0.25) is 0 Å². The van der Waals surface area contributed by atoms with Gasteiger partial charge < -0.3 is 5.32 Å². The van der Waals surface area contributed by atoms with Gasteiger partial charge in [0.15, 0.2) is 0 Å². The van der Waals surface area contributed by atoms with Crippen LogP contribution in [-0.4, -0.2) is 6.54 Å². The lowest BCUT2D eigenvalue weighted by Gasteiger charge is -2.18. The van der Waals surface area contributed by atoms with Crippen LogP contribution in [0.5, 0.6) is 0 Å². The highest BCUT2D eigenvalue weighted by Gasteiger charge is 2.30. The van der Waals surface area contributed by atoms with Crippen molar-refractivity contribution in [2.45, 2.75) is 25.6 Å². The van der Waals surface area contributed by atoms with Crippen molar-refractivity contribution in [2.75, 3.05) is 6.54 Å². The standard InChI is InChI=1S/C15H16F3NS/c1-2-19-14(10-13-4-3-9-20-13)11-5-7-12(8-6-11)15(16,17)18/h3-9,14,19H,2,10H2,1H3. The van der Waals surface area contributed by atoms with Crippen LogP contribution in [0.1, 0.15) is 29.0 Å². The fourth-order valence-corrected chi connectivity index (χ4v) is 2.84. The number of benzene rings is 1. The maximum Gasteiger partial charge on any atom is 0.416 e. The van der Waals surface area contributed by atoms with Crippen LogP contribution < -0.4 is 5.32 Å². The van der Waals surface area contributed by atoms with Crippen LogP contribution in [0.4, 0.5) is 13.2 Å². The lowest BCUT2D eigenvalue weighted by atomic mass is 10.0. The minimum atomic E-state index is -4.28. The van der Waals surface area contributed by atoms with E-state index in [0.717, 1.165) is 30.7 Å². The maximum absolute atomic E-state index is 12.6. The van der Waals surface area contributed by atoms with E-state index in [9.17, 15) is 13.2 Å². The molecule has 1 N–H and O–H groups in total. The molecular formula is C15H16F3NS. The predicted octanol–water partition coefficient (Wildman–Crippen LogP) is 4.66. The molecule has 108 valence electrons. The van der Waals surface area contributed by atoms with Crippen molar-refractivity contribution < 1.29 is 13.2 Å². The predicted molar refractivity (Wildman–Crippen MR) is 75.9 cm³/mol. The fraction of sp³-hybridized carbons (Fsp3) is 0.333. The molecule has 20 heavy (non-hydrogen) atoms. The largest absolute Gasteiger partial charge is 0.416 e. The maximum atomic E-state index is 12.6. The van der Waals surface area contributed by atoms with Gasteiger partial charge in [-0.15, -0.1) is 11.3 Å². The second-order valence-corrected chi connectivity index (χ2v) is 5.55. The minimum Gasteiger partial charge on any atom is -0.310 e. The molecule has 1 aromatic heterocycles. The van der Waals surface area contributed by atoms with Crippen molar-refractivity contribution in [2.24, 2.45) is 0 Å². The van der Waals surface area contributed by atoms with Gasteiger partial charge in [0.25, 0.3) is 0 Å². The Morgan fingerprint density at radius 3 is 2.35 bits per heavy atom. The van der Waals surface area contributed by atoms with Crippen LogP contribution >= 0.6 is 11.3 Å². The summed E-state index contributed by atoms with van der Waals surface area (Å²) < 4.78 is 37.7. The van der Waals surface area contributed by atoms with Crippen LogP contribution in [-0.2, 0) is 12.6 Å². The molecule has 1 aromatic carbocycles. The average molecular weight is 299 g/mol. The van der Waals surface area contributed by atoms with E-state index in [4.69, 9.17) is 0 Å². The summed E-state index contributed by atoms with van der Waals surface area (Å²) in [5.74, 6) is 0. The molecule has 2 aromatic rings. The molecule has 0 fully saturated rings. The van der Waals surface area contributed by atoms with Crippen molar-refractivity contribution in [1.82, 2.24) is 5.32 Å². The summed E-state index contributed by atoms with van der Waals surface area (Å²) in [6, 6.07) is 9.48. The first kappa shape index (κ1) is 15.1. The van der Waals surface area contributed by atoms with Gasteiger partial charge in [-0.05, 0) is 35.7 Å². The molecule has 0 saturated carbocycles. The molecule has 0 amide bonds. The number of thiophene rings is 1. The number of likely N-dealkylation sites (N-methyl/N-ethyl adjacent to an activating group) is 1. The van der Waals surface area contributed by atoms with Gasteiger partial charge in [-0.25, -0.2) is 0 Å². The van der Waals surface area contributed by atoms with E-state index >= 15 is 0 Å². The number of hydrogen-bond donors (Lipinski definition) is 1. The Hall–Kier alpha value is -1.33. The topological polar surface area (TPSA) is 12.0 Å². The fourth-order valence-electron chi connectivity index (χ4n) is 2.09. The molecular weight excluding hydrogens is 283 g/mol. The molecule has 1 heterocycles. The van der Waals surface area contributed by atoms with Gasteiger partial charge in [0.1, 0.15) is 0 Å². The number of alkyl halides is 3. The molecule has 0 radical (unpaired) electrons. The molecule has 1 atom stereocenters. The minimum absolute atomic E-state index is 0.0425. The third-order valence-corrected chi connectivity index (χ3v) is 3.98. The zero-order valence-corrected chi connectivity index (χ0v) is 11.9. The number of nitrogens with one attached hydrogen (secondary N) is 1. The average Bonchev–Trinajstić information content (AvgIpc) is 2.90. The highest BCUT2D eigenvalue weighted by molar-refractivity contribution is 7.09. The third kappa shape index (κ3) is 3.84. The van der Waals surface area contributed by atoms with Crippen LogP contribution in [0, 0.1) is 0 Å². The molecule has 0 saturated heterocycles. The van der Waals surface area contributed by atoms with Crippen molar-refractivity contribution in [3.63, 3.8) is 0 Å². The second kappa shape index (κ2) is 6.41. The molecule has 5 heteroatoms. The van der Waals surface area contributed by atoms with Crippen LogP contribution in [0.2, 0.25) is 0 Å². The van der Waals surface area contributed by atoms with Crippen molar-refractivity contribution in [3.8, 4) is 0 Å². The first-order valence-corrected chi connectivity index (χ1v) is 7.31. The second-order valence-electron chi connectivity index (χ2n) is 4.51. The summed E-state index contributed by atoms with van der Waals surface area (Å²) in [6.45, 7) is 2.77. The van der Waals surface area contributed by atoms with Gasteiger partial charge in [-0.1, -0.05) is 25.1 Å². The summed E-state index contributed by atoms with van der Waals surface area (Å²) in [5.41, 5.74) is 0.279. The summed E-state index contributed by atoms with van der Waals surface area (Å²) in [7, 11) is 0. The zero-order chi connectivity index (χ0) is 14.6. The van der Waals surface area contributed by atoms with Crippen molar-refractivity contribution in [3.05, 3.63) is 57.8 Å². The number of hydrogen-bond acceptors (Lipinski definition) is 2. The summed E-state index contributed by atoms with van der Waals surface area (Å²) in [5, 5.41) is 5.33. The van der Waals surface area contributed by atoms with Gasteiger partial charge in [0, 0.05) is 17.3 Å². The number of rotatable bonds is 5. The zero-order valence-electron chi connectivity index (χ0n) is 11.1. The molecule has 0 aliphatic carbocycles. The van der Waals surface area contributed by atoms with Gasteiger partial charge in [0.05, 0.1) is 5.56 Å². The Balaban J connectivity index is 2.17. The lowest BCUT2D eigenvalue weighted by molar-refractivity contribution is -0.137. The quantitative estimate of drug-likeness (QED) is 0.846. The van der Waals surface area contributed by atoms with Crippen LogP contribution in [0.15, 0.2) is 41.8 Å². The van der Waals surface area contributed by atoms with Gasteiger partial charge >= 0.3 is 6.18 Å². The van der Waals surface area contributed by atoms with E-state index in [2.05, 4.69) is 5.32 Å². The summed E-state index contributed by atoms with van der Waals surface area (Å²) in [4.78, 5) is 1.22. The van der Waals surface area contributed by atoms with E-state index in [1.165, 1.54) is 4.88 Å². The molecule has 2 rings (SSSR count). The monoisotopic (exact) mass is 299 g/mol. The molecule has 0 spiro atoms. The Morgan fingerprint density at radius 2 is 1.85 bits per heavy atom. The van der Waals surface area contributed by atoms with Crippen LogP contribution in [0.25, 0.3) is 0 Å². The molecule has 0 aliphatic heterocycles. The van der Waals surface area contributed by atoms with Crippen LogP contribution in [0.3, 0.4) is 0 Å². The first-order valence-electron chi connectivity index (χ1n) is 6.43. The normalized spacial score (nSPS) is 13.4. The smallest absolute Gasteiger partial charge is 0.310 e. The molecule has 1 nitrogen and oxygen atoms in total. The van der Waals surface area contributed by atoms with Gasteiger partial charge in [-0.3, -0.25) is 0 Å². The molecule has 0 aliphatic rings. The Bertz CT molecular complexity index is 517. The first-order chi connectivity index (χ1) is 9.50. The molecule has 1 unspecified atom stereocenters. The lowest BCUT2D eigenvalue weighted by Crippen LogP contribution is -2.22. The van der Waals surface area contributed by atoms with E-state index in [1.807, 2.05) is 24.4 Å². The van der Waals surface area contributed by atoms with E-state index < -0.39 is 11.7 Å². The summed E-state index contributed by atoms with van der Waals surface area (Å²) >= 11 is 1.66. The van der Waals surface area contributed by atoms with E-state index in [1.54, 1.807) is 23.5 Å². The summed E-state index contributed by atoms with van der Waals surface area (Å²) in [6.07, 6.45) is -3.49. The Morgan fingerprint density at radius 1 is 1.15 bits per heavy atom. The third-order valence-electron chi connectivity index (χ3n) is 3.08. The van der Waals surface area contributed by atoms with Crippen molar-refractivity contribution in [1.29, 1.82) is 0 Å². The number of halogens is 3. The van der Waals surface area contributed by atoms with Gasteiger partial charge in [-0.2, -0.15) is 13.2 Å². The highest BCUT2D eigenvalue weighted by Crippen LogP contribution is 2.30. The Labute approximate surface area is 120 Å². The van der Waals surface area contributed by atoms with E-state index in [0.29, 0.717) is 0 Å². The highest BCUT2D eigenvalue weighted by atomic mass is 32.1. The SMILES string of the molecule is CCNC(Cc1cccs1)c1ccc(C(F)(F)F)cc1.